The number of nitrogens with one attached hydrogen (secondary N) is 1. The van der Waals surface area contributed by atoms with Gasteiger partial charge in [0.15, 0.2) is 5.96 Å². The molecule has 174 valence electrons. The molecular weight excluding hydrogens is 521 g/mol. The van der Waals surface area contributed by atoms with Gasteiger partial charge in [-0.15, -0.1) is 24.0 Å². The van der Waals surface area contributed by atoms with Crippen molar-refractivity contribution < 1.29 is 9.53 Å². The number of hydrogen-bond acceptors (Lipinski definition) is 5. The molecule has 1 saturated carbocycles. The lowest BCUT2D eigenvalue weighted by atomic mass is 10.2. The van der Waals surface area contributed by atoms with Crippen LogP contribution in [0.1, 0.15) is 38.2 Å². The van der Waals surface area contributed by atoms with Crippen LogP contribution in [0.25, 0.3) is 0 Å². The topological polar surface area (TPSA) is 87.9 Å². The Morgan fingerprint density at radius 1 is 1.31 bits per heavy atom. The molecule has 1 amide bonds. The van der Waals surface area contributed by atoms with Crippen LogP contribution in [-0.4, -0.2) is 63.8 Å². The maximum atomic E-state index is 12.8. The number of carbonyl (C=O) groups excluding carboxylic acids is 1. The standard InChI is InChI=1S/C22H31N7O2.HI/c1-3-23-22(28-11-12-29(20(30)16-28)18-14-26-27(2)15-18)25-13-17-7-6-10-24-21(17)31-19-8-4-5-9-19;/h6-7,10,14-15,19H,3-5,8-9,11-13,16H2,1-2H3,(H,23,25);1H. The first-order valence-electron chi connectivity index (χ1n) is 11.1. The molecule has 9 nitrogen and oxygen atoms in total. The summed E-state index contributed by atoms with van der Waals surface area (Å²) in [5, 5.41) is 7.49. The number of aryl methyl sites for hydroxylation is 1. The maximum absolute atomic E-state index is 12.8. The number of carbonyl (C=O) groups is 1. The molecule has 2 aliphatic rings. The van der Waals surface area contributed by atoms with Gasteiger partial charge < -0.3 is 19.9 Å². The Kier molecular flexibility index (Phi) is 8.71. The van der Waals surface area contributed by atoms with Gasteiger partial charge in [0, 0.05) is 44.6 Å². The van der Waals surface area contributed by atoms with Crippen molar-refractivity contribution in [2.75, 3.05) is 31.1 Å². The number of pyridine rings is 1. The fourth-order valence-electron chi connectivity index (χ4n) is 4.08. The van der Waals surface area contributed by atoms with Gasteiger partial charge in [-0.1, -0.05) is 6.07 Å². The highest BCUT2D eigenvalue weighted by Gasteiger charge is 2.27. The van der Waals surface area contributed by atoms with Crippen molar-refractivity contribution in [2.24, 2.45) is 12.0 Å². The number of rotatable bonds is 6. The summed E-state index contributed by atoms with van der Waals surface area (Å²) in [7, 11) is 1.85. The lowest BCUT2D eigenvalue weighted by Crippen LogP contribution is -2.55. The van der Waals surface area contributed by atoms with Gasteiger partial charge in [-0.3, -0.25) is 9.48 Å². The van der Waals surface area contributed by atoms with Crippen LogP contribution in [0.3, 0.4) is 0 Å². The van der Waals surface area contributed by atoms with E-state index in [1.54, 1.807) is 22.0 Å². The van der Waals surface area contributed by atoms with E-state index in [-0.39, 0.29) is 42.5 Å². The summed E-state index contributed by atoms with van der Waals surface area (Å²) in [5.74, 6) is 1.44. The number of hydrogen-bond donors (Lipinski definition) is 1. The quantitative estimate of drug-likeness (QED) is 0.336. The Morgan fingerprint density at radius 2 is 2.12 bits per heavy atom. The second-order valence-corrected chi connectivity index (χ2v) is 8.00. The normalized spacial score (nSPS) is 17.4. The highest BCUT2D eigenvalue weighted by Crippen LogP contribution is 2.25. The van der Waals surface area contributed by atoms with Crippen LogP contribution < -0.4 is 15.0 Å². The van der Waals surface area contributed by atoms with Crippen LogP contribution in [0, 0.1) is 0 Å². The van der Waals surface area contributed by atoms with Crippen molar-refractivity contribution in [3.8, 4) is 5.88 Å². The van der Waals surface area contributed by atoms with Gasteiger partial charge in [0.1, 0.15) is 12.6 Å². The lowest BCUT2D eigenvalue weighted by molar-refractivity contribution is -0.120. The smallest absolute Gasteiger partial charge is 0.246 e. The summed E-state index contributed by atoms with van der Waals surface area (Å²) in [5.41, 5.74) is 1.79. The number of anilines is 1. The van der Waals surface area contributed by atoms with Gasteiger partial charge in [-0.2, -0.15) is 5.10 Å². The van der Waals surface area contributed by atoms with Crippen LogP contribution in [0.4, 0.5) is 5.69 Å². The van der Waals surface area contributed by atoms with Gasteiger partial charge in [-0.25, -0.2) is 9.98 Å². The van der Waals surface area contributed by atoms with Gasteiger partial charge in [0.25, 0.3) is 0 Å². The molecule has 2 fully saturated rings. The molecule has 32 heavy (non-hydrogen) atoms. The molecule has 0 unspecified atom stereocenters. The average molecular weight is 553 g/mol. The van der Waals surface area contributed by atoms with E-state index in [9.17, 15) is 4.79 Å². The van der Waals surface area contributed by atoms with Crippen LogP contribution in [0.15, 0.2) is 35.7 Å². The Bertz CT molecular complexity index is 927. The highest BCUT2D eigenvalue weighted by atomic mass is 127. The Morgan fingerprint density at radius 3 is 2.81 bits per heavy atom. The summed E-state index contributed by atoms with van der Waals surface area (Å²) in [4.78, 5) is 25.8. The molecule has 0 spiro atoms. The third-order valence-corrected chi connectivity index (χ3v) is 5.69. The van der Waals surface area contributed by atoms with E-state index in [0.29, 0.717) is 25.5 Å². The van der Waals surface area contributed by atoms with E-state index in [0.717, 1.165) is 36.6 Å². The number of guanidine groups is 1. The molecular formula is C22H32IN7O2. The van der Waals surface area contributed by atoms with E-state index >= 15 is 0 Å². The van der Waals surface area contributed by atoms with E-state index in [4.69, 9.17) is 9.73 Å². The largest absolute Gasteiger partial charge is 0.474 e. The van der Waals surface area contributed by atoms with Crippen molar-refractivity contribution in [3.05, 3.63) is 36.3 Å². The molecule has 4 rings (SSSR count). The fourth-order valence-corrected chi connectivity index (χ4v) is 4.08. The first-order chi connectivity index (χ1) is 15.1. The summed E-state index contributed by atoms with van der Waals surface area (Å²) < 4.78 is 7.85. The minimum absolute atomic E-state index is 0. The molecule has 1 saturated heterocycles. The summed E-state index contributed by atoms with van der Waals surface area (Å²) in [6, 6.07) is 3.92. The van der Waals surface area contributed by atoms with Gasteiger partial charge in [0.2, 0.25) is 11.8 Å². The molecule has 0 aromatic carbocycles. The first kappa shape index (κ1) is 24.3. The number of piperazine rings is 1. The van der Waals surface area contributed by atoms with Crippen molar-refractivity contribution in [1.82, 2.24) is 25.0 Å². The molecule has 0 bridgehead atoms. The monoisotopic (exact) mass is 553 g/mol. The number of amides is 1. The van der Waals surface area contributed by atoms with Crippen molar-refractivity contribution in [1.29, 1.82) is 0 Å². The highest BCUT2D eigenvalue weighted by molar-refractivity contribution is 14.0. The average Bonchev–Trinajstić information content (AvgIpc) is 3.44. The Hall–Kier alpha value is -2.37. The minimum atomic E-state index is 0. The van der Waals surface area contributed by atoms with Crippen LogP contribution in [0.5, 0.6) is 5.88 Å². The van der Waals surface area contributed by atoms with Crippen molar-refractivity contribution in [2.45, 2.75) is 45.3 Å². The third kappa shape index (κ3) is 5.90. The Labute approximate surface area is 206 Å². The van der Waals surface area contributed by atoms with Gasteiger partial charge in [0.05, 0.1) is 18.4 Å². The zero-order chi connectivity index (χ0) is 21.6. The van der Waals surface area contributed by atoms with Crippen LogP contribution in [0.2, 0.25) is 0 Å². The zero-order valence-corrected chi connectivity index (χ0v) is 21.1. The molecule has 0 radical (unpaired) electrons. The van der Waals surface area contributed by atoms with Gasteiger partial charge >= 0.3 is 0 Å². The second-order valence-electron chi connectivity index (χ2n) is 8.00. The number of aliphatic imine (C=N–C) groups is 1. The first-order valence-corrected chi connectivity index (χ1v) is 11.1. The maximum Gasteiger partial charge on any atom is 0.246 e. The van der Waals surface area contributed by atoms with E-state index in [1.807, 2.05) is 37.2 Å². The van der Waals surface area contributed by atoms with Gasteiger partial charge in [-0.05, 0) is 38.7 Å². The van der Waals surface area contributed by atoms with E-state index in [1.165, 1.54) is 12.8 Å². The molecule has 0 atom stereocenters. The molecule has 2 aromatic rings. The number of aromatic nitrogens is 3. The van der Waals surface area contributed by atoms with E-state index < -0.39 is 0 Å². The summed E-state index contributed by atoms with van der Waals surface area (Å²) in [6.07, 6.45) is 10.2. The molecule has 1 N–H and O–H groups in total. The Balaban J connectivity index is 0.00000289. The molecule has 2 aromatic heterocycles. The zero-order valence-electron chi connectivity index (χ0n) is 18.7. The SMILES string of the molecule is CCNC(=NCc1cccnc1OC1CCCC1)N1CCN(c2cnn(C)c2)C(=O)C1.I. The van der Waals surface area contributed by atoms with Crippen molar-refractivity contribution >= 4 is 41.5 Å². The number of ether oxygens (including phenoxy) is 1. The number of nitrogens with zero attached hydrogens (tertiary/aromatic N) is 6. The predicted molar refractivity (Wildman–Crippen MR) is 134 cm³/mol. The van der Waals surface area contributed by atoms with E-state index in [2.05, 4.69) is 15.4 Å². The summed E-state index contributed by atoms with van der Waals surface area (Å²) in [6.45, 7) is 4.79. The minimum Gasteiger partial charge on any atom is -0.474 e. The predicted octanol–water partition coefficient (Wildman–Crippen LogP) is 2.57. The van der Waals surface area contributed by atoms with Crippen LogP contribution in [-0.2, 0) is 18.4 Å². The van der Waals surface area contributed by atoms with Crippen molar-refractivity contribution in [3.63, 3.8) is 0 Å². The third-order valence-electron chi connectivity index (χ3n) is 5.69. The fraction of sp³-hybridized carbons (Fsp3) is 0.545. The molecule has 1 aliphatic carbocycles. The second kappa shape index (κ2) is 11.5. The summed E-state index contributed by atoms with van der Waals surface area (Å²) >= 11 is 0. The molecule has 3 heterocycles. The molecule has 10 heteroatoms. The lowest BCUT2D eigenvalue weighted by Gasteiger charge is -2.35. The van der Waals surface area contributed by atoms with Crippen LogP contribution >= 0.6 is 24.0 Å². The molecule has 1 aliphatic heterocycles. The number of halogens is 1.